The fourth-order valence-corrected chi connectivity index (χ4v) is 2.53. The molecule has 1 heterocycles. The first-order valence-electron chi connectivity index (χ1n) is 7.71. The highest BCUT2D eigenvalue weighted by molar-refractivity contribution is 6.30. The molecule has 8 heteroatoms. The van der Waals surface area contributed by atoms with Crippen LogP contribution in [0.4, 0.5) is 17.2 Å². The smallest absolute Gasteiger partial charge is 0.373 e. The number of aromatic nitrogens is 2. The van der Waals surface area contributed by atoms with E-state index in [2.05, 4.69) is 15.3 Å². The van der Waals surface area contributed by atoms with Crippen LogP contribution in [0.1, 0.15) is 11.1 Å². The van der Waals surface area contributed by atoms with Gasteiger partial charge in [-0.15, -0.1) is 0 Å². The van der Waals surface area contributed by atoms with E-state index in [0.717, 1.165) is 11.1 Å². The highest BCUT2D eigenvalue weighted by Gasteiger charge is 2.25. The predicted octanol–water partition coefficient (Wildman–Crippen LogP) is 5.19. The Bertz CT molecular complexity index is 961. The van der Waals surface area contributed by atoms with E-state index in [1.807, 2.05) is 26.0 Å². The van der Waals surface area contributed by atoms with Crippen LogP contribution in [0, 0.1) is 24.0 Å². The Balaban J connectivity index is 1.98. The summed E-state index contributed by atoms with van der Waals surface area (Å²) in [6.07, 6.45) is 1.21. The van der Waals surface area contributed by atoms with E-state index in [-0.39, 0.29) is 17.4 Å². The summed E-state index contributed by atoms with van der Waals surface area (Å²) in [4.78, 5) is 18.9. The van der Waals surface area contributed by atoms with Crippen LogP contribution in [0.5, 0.6) is 11.6 Å². The van der Waals surface area contributed by atoms with E-state index >= 15 is 0 Å². The molecule has 0 aliphatic heterocycles. The molecule has 7 nitrogen and oxygen atoms in total. The molecule has 0 bridgehead atoms. The quantitative estimate of drug-likeness (QED) is 0.491. The number of nitrogens with one attached hydrogen (secondary N) is 1. The van der Waals surface area contributed by atoms with Crippen molar-refractivity contribution in [3.8, 4) is 11.6 Å². The lowest BCUT2D eigenvalue weighted by atomic mass is 10.2. The molecule has 0 amide bonds. The molecule has 26 heavy (non-hydrogen) atoms. The van der Waals surface area contributed by atoms with Crippen molar-refractivity contribution in [3.63, 3.8) is 0 Å². The van der Waals surface area contributed by atoms with Crippen molar-refractivity contribution >= 4 is 28.8 Å². The van der Waals surface area contributed by atoms with Gasteiger partial charge in [0.2, 0.25) is 5.82 Å². The zero-order chi connectivity index (χ0) is 18.7. The molecule has 132 valence electrons. The summed E-state index contributed by atoms with van der Waals surface area (Å²) in [6.45, 7) is 3.78. The second-order valence-electron chi connectivity index (χ2n) is 5.63. The Hall–Kier alpha value is -3.19. The van der Waals surface area contributed by atoms with Gasteiger partial charge in [-0.05, 0) is 49.7 Å². The van der Waals surface area contributed by atoms with Crippen molar-refractivity contribution in [1.29, 1.82) is 0 Å². The van der Waals surface area contributed by atoms with Gasteiger partial charge in [-0.25, -0.2) is 4.98 Å². The second kappa shape index (κ2) is 7.37. The van der Waals surface area contributed by atoms with Crippen LogP contribution in [-0.2, 0) is 0 Å². The van der Waals surface area contributed by atoms with Crippen LogP contribution in [-0.4, -0.2) is 14.9 Å². The molecule has 0 atom stereocenters. The minimum atomic E-state index is -0.572. The van der Waals surface area contributed by atoms with E-state index in [1.165, 1.54) is 6.33 Å². The first-order chi connectivity index (χ1) is 12.4. The Morgan fingerprint density at radius 3 is 2.50 bits per heavy atom. The van der Waals surface area contributed by atoms with Crippen molar-refractivity contribution in [3.05, 3.63) is 75.1 Å². The maximum absolute atomic E-state index is 11.6. The van der Waals surface area contributed by atoms with Crippen molar-refractivity contribution in [2.75, 3.05) is 5.32 Å². The number of nitrogens with zero attached hydrogens (tertiary/aromatic N) is 3. The SMILES string of the molecule is Cc1ccc(Oc2ncnc(Nc3ccc(Cl)cc3C)c2[N+](=O)[O-])cc1. The van der Waals surface area contributed by atoms with Crippen molar-refractivity contribution < 1.29 is 9.66 Å². The Kier molecular flexibility index (Phi) is 4.99. The monoisotopic (exact) mass is 370 g/mol. The summed E-state index contributed by atoms with van der Waals surface area (Å²) in [6, 6.07) is 12.3. The minimum absolute atomic E-state index is 0.0394. The summed E-state index contributed by atoms with van der Waals surface area (Å²) >= 11 is 5.95. The van der Waals surface area contributed by atoms with E-state index in [0.29, 0.717) is 16.5 Å². The van der Waals surface area contributed by atoms with E-state index in [9.17, 15) is 10.1 Å². The maximum Gasteiger partial charge on any atom is 0.373 e. The summed E-state index contributed by atoms with van der Waals surface area (Å²) < 4.78 is 5.60. The van der Waals surface area contributed by atoms with Gasteiger partial charge < -0.3 is 10.1 Å². The van der Waals surface area contributed by atoms with Gasteiger partial charge in [-0.2, -0.15) is 4.98 Å². The largest absolute Gasteiger partial charge is 0.434 e. The summed E-state index contributed by atoms with van der Waals surface area (Å²) in [7, 11) is 0. The normalized spacial score (nSPS) is 10.4. The molecule has 0 saturated carbocycles. The molecule has 0 fully saturated rings. The Morgan fingerprint density at radius 2 is 1.85 bits per heavy atom. The number of halogens is 1. The average molecular weight is 371 g/mol. The molecule has 1 N–H and O–H groups in total. The molecule has 0 aliphatic carbocycles. The van der Waals surface area contributed by atoms with Crippen LogP contribution in [0.25, 0.3) is 0 Å². The van der Waals surface area contributed by atoms with Gasteiger partial charge in [0, 0.05) is 10.7 Å². The maximum atomic E-state index is 11.6. The van der Waals surface area contributed by atoms with E-state index < -0.39 is 4.92 Å². The van der Waals surface area contributed by atoms with Crippen LogP contribution in [0.3, 0.4) is 0 Å². The van der Waals surface area contributed by atoms with Gasteiger partial charge in [-0.3, -0.25) is 10.1 Å². The number of benzene rings is 2. The standard InChI is InChI=1S/C18H15ClN4O3/c1-11-3-6-14(7-4-11)26-18-16(23(24)25)17(20-10-21-18)22-15-8-5-13(19)9-12(15)2/h3-10H,1-2H3,(H,20,21,22). The highest BCUT2D eigenvalue weighted by atomic mass is 35.5. The number of nitro groups is 1. The number of hydrogen-bond donors (Lipinski definition) is 1. The van der Waals surface area contributed by atoms with E-state index in [1.54, 1.807) is 30.3 Å². The lowest BCUT2D eigenvalue weighted by Gasteiger charge is -2.11. The third-order valence-electron chi connectivity index (χ3n) is 3.65. The molecular weight excluding hydrogens is 356 g/mol. The van der Waals surface area contributed by atoms with Crippen molar-refractivity contribution in [2.45, 2.75) is 13.8 Å². The summed E-state index contributed by atoms with van der Waals surface area (Å²) in [5, 5.41) is 15.1. The Morgan fingerprint density at radius 1 is 1.12 bits per heavy atom. The van der Waals surface area contributed by atoms with Gasteiger partial charge in [0.25, 0.3) is 0 Å². The van der Waals surface area contributed by atoms with Gasteiger partial charge in [0.05, 0.1) is 4.92 Å². The molecular formula is C18H15ClN4O3. The van der Waals surface area contributed by atoms with Gasteiger partial charge in [-0.1, -0.05) is 29.3 Å². The molecule has 3 aromatic rings. The fraction of sp³-hybridized carbons (Fsp3) is 0.111. The number of anilines is 2. The first kappa shape index (κ1) is 17.6. The molecule has 2 aromatic carbocycles. The van der Waals surface area contributed by atoms with E-state index in [4.69, 9.17) is 16.3 Å². The number of hydrogen-bond acceptors (Lipinski definition) is 6. The summed E-state index contributed by atoms with van der Waals surface area (Å²) in [5.41, 5.74) is 2.18. The zero-order valence-corrected chi connectivity index (χ0v) is 14.8. The molecule has 0 spiro atoms. The Labute approximate surface area is 154 Å². The molecule has 0 saturated heterocycles. The molecule has 3 rings (SSSR count). The zero-order valence-electron chi connectivity index (χ0n) is 14.1. The van der Waals surface area contributed by atoms with Crippen LogP contribution in [0.15, 0.2) is 48.8 Å². The molecule has 0 radical (unpaired) electrons. The lowest BCUT2D eigenvalue weighted by molar-refractivity contribution is -0.385. The number of ether oxygens (including phenoxy) is 1. The highest BCUT2D eigenvalue weighted by Crippen LogP contribution is 2.36. The molecule has 0 aliphatic rings. The molecule has 0 unspecified atom stereocenters. The van der Waals surface area contributed by atoms with Gasteiger partial charge in [0.1, 0.15) is 12.1 Å². The van der Waals surface area contributed by atoms with Crippen molar-refractivity contribution in [1.82, 2.24) is 9.97 Å². The topological polar surface area (TPSA) is 90.2 Å². The lowest BCUT2D eigenvalue weighted by Crippen LogP contribution is -2.04. The van der Waals surface area contributed by atoms with Crippen LogP contribution < -0.4 is 10.1 Å². The van der Waals surface area contributed by atoms with Crippen molar-refractivity contribution in [2.24, 2.45) is 0 Å². The minimum Gasteiger partial charge on any atom is -0.434 e. The van der Waals surface area contributed by atoms with Crippen LogP contribution in [0.2, 0.25) is 5.02 Å². The predicted molar refractivity (Wildman–Crippen MR) is 99.4 cm³/mol. The third-order valence-corrected chi connectivity index (χ3v) is 3.88. The average Bonchev–Trinajstić information content (AvgIpc) is 2.59. The van der Waals surface area contributed by atoms with Gasteiger partial charge >= 0.3 is 11.6 Å². The number of aryl methyl sites for hydroxylation is 2. The molecule has 1 aromatic heterocycles. The van der Waals surface area contributed by atoms with Gasteiger partial charge in [0.15, 0.2) is 0 Å². The fourth-order valence-electron chi connectivity index (χ4n) is 2.31. The third kappa shape index (κ3) is 3.89. The van der Waals surface area contributed by atoms with Crippen LogP contribution >= 0.6 is 11.6 Å². The summed E-state index contributed by atoms with van der Waals surface area (Å²) in [5.74, 6) is 0.353. The number of rotatable bonds is 5. The first-order valence-corrected chi connectivity index (χ1v) is 8.09. The second-order valence-corrected chi connectivity index (χ2v) is 6.07.